The molecule has 126 valence electrons. The van der Waals surface area contributed by atoms with Crippen LogP contribution in [0.4, 0.5) is 4.79 Å². The third kappa shape index (κ3) is 7.35. The molecule has 0 radical (unpaired) electrons. The number of carbonyl (C=O) groups is 2. The highest BCUT2D eigenvalue weighted by atomic mass is 16.6. The number of hydrogen-bond donors (Lipinski definition) is 2. The SMILES string of the molecule is COc1ccc(CC(=O)O)cc1C=CCNC(=O)OC(C)(C)C. The van der Waals surface area contributed by atoms with Crippen LogP contribution in [0.1, 0.15) is 31.9 Å². The van der Waals surface area contributed by atoms with E-state index in [9.17, 15) is 9.59 Å². The van der Waals surface area contributed by atoms with E-state index in [1.807, 2.05) is 0 Å². The highest BCUT2D eigenvalue weighted by Gasteiger charge is 2.15. The molecule has 0 spiro atoms. The summed E-state index contributed by atoms with van der Waals surface area (Å²) in [5.41, 5.74) is 0.887. The lowest BCUT2D eigenvalue weighted by molar-refractivity contribution is -0.136. The summed E-state index contributed by atoms with van der Waals surface area (Å²) in [6.07, 6.45) is 2.96. The standard InChI is InChI=1S/C17H23NO5/c1-17(2,3)23-16(21)18-9-5-6-13-10-12(11-15(19)20)7-8-14(13)22-4/h5-8,10H,9,11H2,1-4H3,(H,18,21)(H,19,20). The number of hydrogen-bond acceptors (Lipinski definition) is 4. The molecule has 0 unspecified atom stereocenters. The second-order valence-corrected chi connectivity index (χ2v) is 5.93. The van der Waals surface area contributed by atoms with Gasteiger partial charge in [0, 0.05) is 12.1 Å². The Morgan fingerprint density at radius 2 is 2.00 bits per heavy atom. The van der Waals surface area contributed by atoms with Crippen LogP contribution in [0.3, 0.4) is 0 Å². The summed E-state index contributed by atoms with van der Waals surface area (Å²) in [6.45, 7) is 5.67. The van der Waals surface area contributed by atoms with Crippen molar-refractivity contribution in [1.82, 2.24) is 5.32 Å². The molecule has 0 saturated carbocycles. The maximum atomic E-state index is 11.5. The molecule has 0 atom stereocenters. The number of carboxylic acids is 1. The molecule has 6 nitrogen and oxygen atoms in total. The van der Waals surface area contributed by atoms with Crippen molar-refractivity contribution in [3.05, 3.63) is 35.4 Å². The number of carbonyl (C=O) groups excluding carboxylic acids is 1. The summed E-state index contributed by atoms with van der Waals surface area (Å²) in [4.78, 5) is 22.3. The Morgan fingerprint density at radius 1 is 1.30 bits per heavy atom. The molecule has 0 aliphatic rings. The van der Waals surface area contributed by atoms with Gasteiger partial charge < -0.3 is 19.9 Å². The van der Waals surface area contributed by atoms with Gasteiger partial charge in [0.25, 0.3) is 0 Å². The molecular formula is C17H23NO5. The predicted molar refractivity (Wildman–Crippen MR) is 87.6 cm³/mol. The maximum absolute atomic E-state index is 11.5. The largest absolute Gasteiger partial charge is 0.496 e. The lowest BCUT2D eigenvalue weighted by Crippen LogP contribution is -2.32. The minimum atomic E-state index is -0.892. The van der Waals surface area contributed by atoms with E-state index in [1.165, 1.54) is 0 Å². The first-order valence-corrected chi connectivity index (χ1v) is 7.23. The van der Waals surface area contributed by atoms with E-state index < -0.39 is 17.7 Å². The molecule has 0 saturated heterocycles. The van der Waals surface area contributed by atoms with Crippen molar-refractivity contribution in [1.29, 1.82) is 0 Å². The van der Waals surface area contributed by atoms with Crippen molar-refractivity contribution in [2.45, 2.75) is 32.8 Å². The quantitative estimate of drug-likeness (QED) is 0.841. The van der Waals surface area contributed by atoms with Crippen LogP contribution in [-0.2, 0) is 16.0 Å². The zero-order valence-electron chi connectivity index (χ0n) is 13.9. The van der Waals surface area contributed by atoms with Crippen LogP contribution in [0.2, 0.25) is 0 Å². The Bertz CT molecular complexity index is 587. The molecule has 1 aromatic rings. The highest BCUT2D eigenvalue weighted by molar-refractivity contribution is 5.71. The summed E-state index contributed by atoms with van der Waals surface area (Å²) in [7, 11) is 1.54. The van der Waals surface area contributed by atoms with E-state index >= 15 is 0 Å². The van der Waals surface area contributed by atoms with E-state index in [1.54, 1.807) is 58.2 Å². The molecular weight excluding hydrogens is 298 g/mol. The average molecular weight is 321 g/mol. The topological polar surface area (TPSA) is 84.9 Å². The van der Waals surface area contributed by atoms with Gasteiger partial charge in [0.15, 0.2) is 0 Å². The van der Waals surface area contributed by atoms with Gasteiger partial charge in [-0.05, 0) is 38.5 Å². The van der Waals surface area contributed by atoms with Crippen molar-refractivity contribution in [3.63, 3.8) is 0 Å². The third-order valence-corrected chi connectivity index (χ3v) is 2.71. The number of benzene rings is 1. The molecule has 0 aromatic heterocycles. The van der Waals surface area contributed by atoms with Gasteiger partial charge in [-0.2, -0.15) is 0 Å². The fraction of sp³-hybridized carbons (Fsp3) is 0.412. The number of methoxy groups -OCH3 is 1. The summed E-state index contributed by atoms with van der Waals surface area (Å²) >= 11 is 0. The maximum Gasteiger partial charge on any atom is 0.407 e. The number of nitrogens with one attached hydrogen (secondary N) is 1. The molecule has 0 bridgehead atoms. The van der Waals surface area contributed by atoms with Gasteiger partial charge in [0.05, 0.1) is 13.5 Å². The minimum absolute atomic E-state index is 0.0546. The van der Waals surface area contributed by atoms with Crippen molar-refractivity contribution in [2.75, 3.05) is 13.7 Å². The summed E-state index contributed by atoms with van der Waals surface area (Å²) in [6, 6.07) is 5.18. The van der Waals surface area contributed by atoms with E-state index in [0.717, 1.165) is 5.56 Å². The monoisotopic (exact) mass is 321 g/mol. The first-order valence-electron chi connectivity index (χ1n) is 7.23. The first kappa shape index (κ1) is 18.5. The van der Waals surface area contributed by atoms with E-state index in [2.05, 4.69) is 5.32 Å². The van der Waals surface area contributed by atoms with Crippen LogP contribution < -0.4 is 10.1 Å². The number of ether oxygens (including phenoxy) is 2. The van der Waals surface area contributed by atoms with Crippen molar-refractivity contribution >= 4 is 18.1 Å². The number of carboxylic acid groups (broad SMARTS) is 1. The zero-order chi connectivity index (χ0) is 17.5. The van der Waals surface area contributed by atoms with Gasteiger partial charge in [-0.25, -0.2) is 4.79 Å². The fourth-order valence-corrected chi connectivity index (χ4v) is 1.84. The van der Waals surface area contributed by atoms with Crippen molar-refractivity contribution in [3.8, 4) is 5.75 Å². The van der Waals surface area contributed by atoms with E-state index in [0.29, 0.717) is 17.9 Å². The number of rotatable bonds is 6. The Labute approximate surface area is 136 Å². The second kappa shape index (κ2) is 8.22. The Morgan fingerprint density at radius 3 is 2.57 bits per heavy atom. The van der Waals surface area contributed by atoms with Crippen molar-refractivity contribution in [2.24, 2.45) is 0 Å². The Balaban J connectivity index is 2.67. The molecule has 1 amide bonds. The van der Waals surface area contributed by atoms with Crippen LogP contribution in [-0.4, -0.2) is 36.4 Å². The van der Waals surface area contributed by atoms with Crippen LogP contribution in [0.25, 0.3) is 6.08 Å². The number of aliphatic carboxylic acids is 1. The van der Waals surface area contributed by atoms with Crippen LogP contribution in [0.5, 0.6) is 5.75 Å². The number of alkyl carbamates (subject to hydrolysis) is 1. The normalized spacial score (nSPS) is 11.3. The zero-order valence-corrected chi connectivity index (χ0v) is 13.9. The molecule has 23 heavy (non-hydrogen) atoms. The number of amides is 1. The second-order valence-electron chi connectivity index (χ2n) is 5.93. The Kier molecular flexibility index (Phi) is 6.63. The molecule has 0 heterocycles. The summed E-state index contributed by atoms with van der Waals surface area (Å²) in [5, 5.41) is 11.5. The molecule has 0 aliphatic carbocycles. The molecule has 1 aromatic carbocycles. The third-order valence-electron chi connectivity index (χ3n) is 2.71. The smallest absolute Gasteiger partial charge is 0.407 e. The summed E-state index contributed by atoms with van der Waals surface area (Å²) in [5.74, 6) is -0.260. The van der Waals surface area contributed by atoms with Crippen LogP contribution >= 0.6 is 0 Å². The predicted octanol–water partition coefficient (Wildman–Crippen LogP) is 2.86. The van der Waals surface area contributed by atoms with Crippen LogP contribution in [0.15, 0.2) is 24.3 Å². The molecule has 0 fully saturated rings. The first-order chi connectivity index (χ1) is 10.7. The van der Waals surface area contributed by atoms with E-state index in [4.69, 9.17) is 14.6 Å². The van der Waals surface area contributed by atoms with Crippen molar-refractivity contribution < 1.29 is 24.2 Å². The minimum Gasteiger partial charge on any atom is -0.496 e. The molecule has 2 N–H and O–H groups in total. The highest BCUT2D eigenvalue weighted by Crippen LogP contribution is 2.21. The molecule has 6 heteroatoms. The Hall–Kier alpha value is -2.50. The average Bonchev–Trinajstić information content (AvgIpc) is 2.41. The molecule has 0 aliphatic heterocycles. The van der Waals surface area contributed by atoms with Gasteiger partial charge >= 0.3 is 12.1 Å². The summed E-state index contributed by atoms with van der Waals surface area (Å²) < 4.78 is 10.4. The fourth-order valence-electron chi connectivity index (χ4n) is 1.84. The van der Waals surface area contributed by atoms with Gasteiger partial charge in [-0.1, -0.05) is 18.2 Å². The van der Waals surface area contributed by atoms with Gasteiger partial charge in [-0.15, -0.1) is 0 Å². The lowest BCUT2D eigenvalue weighted by atomic mass is 10.1. The van der Waals surface area contributed by atoms with Gasteiger partial charge in [0.1, 0.15) is 11.4 Å². The van der Waals surface area contributed by atoms with Crippen LogP contribution in [0, 0.1) is 0 Å². The van der Waals surface area contributed by atoms with Gasteiger partial charge in [-0.3, -0.25) is 4.79 Å². The van der Waals surface area contributed by atoms with Gasteiger partial charge in [0.2, 0.25) is 0 Å². The van der Waals surface area contributed by atoms with E-state index in [-0.39, 0.29) is 6.42 Å². The molecule has 1 rings (SSSR count). The lowest BCUT2D eigenvalue weighted by Gasteiger charge is -2.19.